The standard InChI is InChI=1S/C11H9BrO3/c1-2-3-6-15-10-5-4-8(12)7-9(10)11(13)14/h4-5,7H,6H2,1H3,(H,13,14). The second-order valence-electron chi connectivity index (χ2n) is 2.66. The summed E-state index contributed by atoms with van der Waals surface area (Å²) < 4.78 is 5.92. The molecule has 15 heavy (non-hydrogen) atoms. The lowest BCUT2D eigenvalue weighted by molar-refractivity contribution is 0.0693. The van der Waals surface area contributed by atoms with Gasteiger partial charge < -0.3 is 9.84 Å². The van der Waals surface area contributed by atoms with Gasteiger partial charge >= 0.3 is 5.97 Å². The molecule has 0 heterocycles. The number of halogens is 1. The quantitative estimate of drug-likeness (QED) is 0.858. The monoisotopic (exact) mass is 268 g/mol. The first kappa shape index (κ1) is 11.6. The van der Waals surface area contributed by atoms with Crippen LogP contribution in [0, 0.1) is 11.8 Å². The molecule has 4 heteroatoms. The molecule has 0 amide bonds. The Bertz CT molecular complexity index is 429. The van der Waals surface area contributed by atoms with E-state index in [0.717, 1.165) is 0 Å². The lowest BCUT2D eigenvalue weighted by Gasteiger charge is -2.06. The minimum Gasteiger partial charge on any atom is -0.480 e. The largest absolute Gasteiger partial charge is 0.480 e. The number of benzene rings is 1. The fraction of sp³-hybridized carbons (Fsp3) is 0.182. The normalized spacial score (nSPS) is 8.93. The van der Waals surface area contributed by atoms with Gasteiger partial charge in [0.15, 0.2) is 0 Å². The smallest absolute Gasteiger partial charge is 0.339 e. The Labute approximate surface area is 96.2 Å². The zero-order valence-corrected chi connectivity index (χ0v) is 9.67. The van der Waals surface area contributed by atoms with Crippen LogP contribution in [0.4, 0.5) is 0 Å². The van der Waals surface area contributed by atoms with Gasteiger partial charge in [-0.3, -0.25) is 0 Å². The maximum atomic E-state index is 10.9. The van der Waals surface area contributed by atoms with Crippen LogP contribution < -0.4 is 4.74 Å². The number of aromatic carboxylic acids is 1. The van der Waals surface area contributed by atoms with Gasteiger partial charge in [-0.1, -0.05) is 21.9 Å². The molecule has 0 fully saturated rings. The summed E-state index contributed by atoms with van der Waals surface area (Å²) in [6.45, 7) is 1.89. The lowest BCUT2D eigenvalue weighted by atomic mass is 10.2. The number of hydrogen-bond donors (Lipinski definition) is 1. The van der Waals surface area contributed by atoms with E-state index in [1.165, 1.54) is 6.07 Å². The summed E-state index contributed by atoms with van der Waals surface area (Å²) in [5.74, 6) is 4.68. The Hall–Kier alpha value is -1.47. The van der Waals surface area contributed by atoms with Gasteiger partial charge in [0.25, 0.3) is 0 Å². The van der Waals surface area contributed by atoms with E-state index in [1.807, 2.05) is 0 Å². The molecule has 0 saturated carbocycles. The van der Waals surface area contributed by atoms with Gasteiger partial charge in [0, 0.05) is 4.47 Å². The molecule has 1 aromatic rings. The second kappa shape index (κ2) is 5.42. The number of carboxylic acid groups (broad SMARTS) is 1. The first-order valence-corrected chi connectivity index (χ1v) is 4.99. The van der Waals surface area contributed by atoms with Crippen molar-refractivity contribution in [3.05, 3.63) is 28.2 Å². The molecule has 0 unspecified atom stereocenters. The van der Waals surface area contributed by atoms with Gasteiger partial charge in [-0.15, -0.1) is 5.92 Å². The summed E-state index contributed by atoms with van der Waals surface area (Å²) >= 11 is 3.20. The van der Waals surface area contributed by atoms with Gasteiger partial charge in [-0.2, -0.15) is 0 Å². The minimum absolute atomic E-state index is 0.127. The predicted octanol–water partition coefficient (Wildman–Crippen LogP) is 2.55. The van der Waals surface area contributed by atoms with E-state index >= 15 is 0 Å². The number of carboxylic acids is 1. The summed E-state index contributed by atoms with van der Waals surface area (Å²) in [6.07, 6.45) is 0. The minimum atomic E-state index is -1.02. The maximum Gasteiger partial charge on any atom is 0.339 e. The summed E-state index contributed by atoms with van der Waals surface area (Å²) in [6, 6.07) is 4.82. The molecular formula is C11H9BrO3. The van der Waals surface area contributed by atoms with Crippen LogP contribution in [0.25, 0.3) is 0 Å². The molecular weight excluding hydrogens is 260 g/mol. The molecule has 0 spiro atoms. The fourth-order valence-electron chi connectivity index (χ4n) is 0.981. The van der Waals surface area contributed by atoms with E-state index in [9.17, 15) is 4.79 Å². The second-order valence-corrected chi connectivity index (χ2v) is 3.58. The molecule has 0 aliphatic heterocycles. The molecule has 1 rings (SSSR count). The molecule has 78 valence electrons. The highest BCUT2D eigenvalue weighted by Gasteiger charge is 2.11. The van der Waals surface area contributed by atoms with Crippen molar-refractivity contribution in [1.82, 2.24) is 0 Å². The SMILES string of the molecule is CC#CCOc1ccc(Br)cc1C(=O)O. The van der Waals surface area contributed by atoms with Crippen molar-refractivity contribution in [2.45, 2.75) is 6.92 Å². The average Bonchev–Trinajstić information content (AvgIpc) is 2.20. The molecule has 1 aromatic carbocycles. The van der Waals surface area contributed by atoms with Gasteiger partial charge in [0.2, 0.25) is 0 Å². The third kappa shape index (κ3) is 3.30. The van der Waals surface area contributed by atoms with Crippen LogP contribution >= 0.6 is 15.9 Å². The first-order valence-electron chi connectivity index (χ1n) is 4.20. The van der Waals surface area contributed by atoms with Crippen molar-refractivity contribution in [2.24, 2.45) is 0 Å². The summed E-state index contributed by atoms with van der Waals surface area (Å²) in [7, 11) is 0. The summed E-state index contributed by atoms with van der Waals surface area (Å²) in [5.41, 5.74) is 0.127. The van der Waals surface area contributed by atoms with Crippen molar-refractivity contribution in [3.8, 4) is 17.6 Å². The molecule has 0 aliphatic rings. The van der Waals surface area contributed by atoms with Crippen LogP contribution in [0.15, 0.2) is 22.7 Å². The number of rotatable bonds is 3. The molecule has 0 aromatic heterocycles. The Morgan fingerprint density at radius 2 is 2.33 bits per heavy atom. The van der Waals surface area contributed by atoms with Gasteiger partial charge in [0.1, 0.15) is 17.9 Å². The van der Waals surface area contributed by atoms with Crippen molar-refractivity contribution < 1.29 is 14.6 Å². The molecule has 0 saturated heterocycles. The molecule has 0 bridgehead atoms. The van der Waals surface area contributed by atoms with E-state index in [0.29, 0.717) is 10.2 Å². The van der Waals surface area contributed by atoms with Crippen LogP contribution in [0.2, 0.25) is 0 Å². The van der Waals surface area contributed by atoms with Crippen LogP contribution in [-0.2, 0) is 0 Å². The zero-order chi connectivity index (χ0) is 11.3. The van der Waals surface area contributed by atoms with Crippen molar-refractivity contribution in [1.29, 1.82) is 0 Å². The van der Waals surface area contributed by atoms with Crippen LogP contribution in [-0.4, -0.2) is 17.7 Å². The fourth-order valence-corrected chi connectivity index (χ4v) is 1.34. The third-order valence-corrected chi connectivity index (χ3v) is 2.14. The predicted molar refractivity (Wildman–Crippen MR) is 60.0 cm³/mol. The van der Waals surface area contributed by atoms with Gasteiger partial charge in [-0.25, -0.2) is 4.79 Å². The Kier molecular flexibility index (Phi) is 4.19. The van der Waals surface area contributed by atoms with Crippen LogP contribution in [0.5, 0.6) is 5.75 Å². The molecule has 1 N–H and O–H groups in total. The number of carbonyl (C=O) groups is 1. The maximum absolute atomic E-state index is 10.9. The average molecular weight is 269 g/mol. The number of ether oxygens (including phenoxy) is 1. The number of hydrogen-bond acceptors (Lipinski definition) is 2. The summed E-state index contributed by atoms with van der Waals surface area (Å²) in [5, 5.41) is 8.91. The van der Waals surface area contributed by atoms with E-state index < -0.39 is 5.97 Å². The summed E-state index contributed by atoms with van der Waals surface area (Å²) in [4.78, 5) is 10.9. The zero-order valence-electron chi connectivity index (χ0n) is 8.08. The van der Waals surface area contributed by atoms with E-state index in [-0.39, 0.29) is 12.2 Å². The van der Waals surface area contributed by atoms with E-state index in [1.54, 1.807) is 19.1 Å². The first-order chi connectivity index (χ1) is 7.15. The van der Waals surface area contributed by atoms with Crippen molar-refractivity contribution in [3.63, 3.8) is 0 Å². The Morgan fingerprint density at radius 3 is 2.93 bits per heavy atom. The van der Waals surface area contributed by atoms with Gasteiger partial charge in [0.05, 0.1) is 0 Å². The highest BCUT2D eigenvalue weighted by atomic mass is 79.9. The Balaban J connectivity index is 2.94. The van der Waals surface area contributed by atoms with Crippen LogP contribution in [0.3, 0.4) is 0 Å². The topological polar surface area (TPSA) is 46.5 Å². The highest BCUT2D eigenvalue weighted by Crippen LogP contribution is 2.23. The molecule has 0 radical (unpaired) electrons. The van der Waals surface area contributed by atoms with Crippen LogP contribution in [0.1, 0.15) is 17.3 Å². The lowest BCUT2D eigenvalue weighted by Crippen LogP contribution is -2.03. The van der Waals surface area contributed by atoms with E-state index in [2.05, 4.69) is 27.8 Å². The van der Waals surface area contributed by atoms with Crippen molar-refractivity contribution in [2.75, 3.05) is 6.61 Å². The highest BCUT2D eigenvalue weighted by molar-refractivity contribution is 9.10. The third-order valence-electron chi connectivity index (χ3n) is 1.65. The molecule has 0 atom stereocenters. The van der Waals surface area contributed by atoms with Gasteiger partial charge in [-0.05, 0) is 25.1 Å². The molecule has 3 nitrogen and oxygen atoms in total. The van der Waals surface area contributed by atoms with E-state index in [4.69, 9.17) is 9.84 Å². The Morgan fingerprint density at radius 1 is 1.60 bits per heavy atom. The van der Waals surface area contributed by atoms with Crippen molar-refractivity contribution >= 4 is 21.9 Å². The molecule has 0 aliphatic carbocycles.